The molecule has 1 saturated heterocycles. The number of benzene rings is 1. The standard InChI is InChI=1S/C59H115NO10Si5/c1-37(2)74(38(3)4,39(5)6)68-47-34-49(69-75(40(7)8,41(9)10)42(11)12)53-45(43(47)13)33-46(66-55(53)61)44(14)48(67-72(27,28)57(15,16)17)35-51-59(21,22)52(70-73(29,30)58(18,19)20)36-50(65-51)54(63-23)60-56(62)64-31-32-71(24,25)26/h34,37-42,44,46,48,50-52,54H,31-33,35-36H2,1-30H3,(H,60,62)/t44-,46+,48-,50-,51+,52+,54-/m0/s1. The second kappa shape index (κ2) is 25.1. The van der Waals surface area contributed by atoms with Crippen LogP contribution in [0.15, 0.2) is 6.07 Å². The molecule has 7 atom stereocenters. The van der Waals surface area contributed by atoms with Gasteiger partial charge >= 0.3 is 12.1 Å². The van der Waals surface area contributed by atoms with Crippen LogP contribution in [0, 0.1) is 18.3 Å². The molecule has 1 amide bonds. The molecule has 0 bridgehead atoms. The highest BCUT2D eigenvalue weighted by Gasteiger charge is 2.55. The van der Waals surface area contributed by atoms with Crippen molar-refractivity contribution in [2.24, 2.45) is 11.3 Å². The Kier molecular flexibility index (Phi) is 22.7. The van der Waals surface area contributed by atoms with E-state index in [1.165, 1.54) is 0 Å². The van der Waals surface area contributed by atoms with Crippen LogP contribution in [0.1, 0.15) is 180 Å². The van der Waals surface area contributed by atoms with Crippen LogP contribution in [-0.2, 0) is 34.2 Å². The lowest BCUT2D eigenvalue weighted by Gasteiger charge is -2.53. The molecule has 0 unspecified atom stereocenters. The summed E-state index contributed by atoms with van der Waals surface area (Å²) in [6.07, 6.45) is -1.90. The first-order valence-electron chi connectivity index (χ1n) is 29.1. The zero-order chi connectivity index (χ0) is 58.2. The first-order valence-corrected chi connectivity index (χ1v) is 42.9. The highest BCUT2D eigenvalue weighted by Crippen LogP contribution is 2.52. The zero-order valence-electron chi connectivity index (χ0n) is 53.7. The van der Waals surface area contributed by atoms with Gasteiger partial charge in [0.25, 0.3) is 16.6 Å². The van der Waals surface area contributed by atoms with Crippen molar-refractivity contribution in [3.8, 4) is 11.5 Å². The fourth-order valence-electron chi connectivity index (χ4n) is 12.0. The van der Waals surface area contributed by atoms with Crippen LogP contribution in [-0.4, -0.2) is 104 Å². The Labute approximate surface area is 465 Å². The van der Waals surface area contributed by atoms with Crippen molar-refractivity contribution in [3.63, 3.8) is 0 Å². The third-order valence-corrected chi connectivity index (χ3v) is 41.7. The number of carbonyl (C=O) groups excluding carboxylic acids is 2. The van der Waals surface area contributed by atoms with E-state index in [0.29, 0.717) is 53.8 Å². The number of nitrogens with one attached hydrogen (secondary N) is 1. The molecule has 1 N–H and O–H groups in total. The number of fused-ring (bicyclic) bond motifs is 1. The van der Waals surface area contributed by atoms with E-state index in [2.05, 4.69) is 210 Å². The molecular weight excluding hydrogens is 1020 g/mol. The Morgan fingerprint density at radius 3 is 1.63 bits per heavy atom. The van der Waals surface area contributed by atoms with E-state index in [0.717, 1.165) is 22.9 Å². The summed E-state index contributed by atoms with van der Waals surface area (Å²) in [5, 5.41) is 2.86. The number of ether oxygens (including phenoxy) is 4. The molecular formula is C59H115NO10Si5. The van der Waals surface area contributed by atoms with Crippen molar-refractivity contribution >= 4 is 53.4 Å². The second-order valence-corrected chi connectivity index (χ2v) is 55.6. The van der Waals surface area contributed by atoms with Gasteiger partial charge in [0.15, 0.2) is 22.9 Å². The largest absolute Gasteiger partial charge is 0.542 e. The van der Waals surface area contributed by atoms with Crippen molar-refractivity contribution < 1.29 is 46.2 Å². The molecule has 16 heteroatoms. The highest BCUT2D eigenvalue weighted by atomic mass is 28.4. The molecule has 1 fully saturated rings. The van der Waals surface area contributed by atoms with Crippen molar-refractivity contribution in [2.45, 2.75) is 304 Å². The summed E-state index contributed by atoms with van der Waals surface area (Å²) < 4.78 is 56.2. The molecule has 2 aliphatic rings. The summed E-state index contributed by atoms with van der Waals surface area (Å²) in [4.78, 5) is 28.6. The zero-order valence-corrected chi connectivity index (χ0v) is 58.7. The van der Waals surface area contributed by atoms with Crippen molar-refractivity contribution in [1.29, 1.82) is 0 Å². The van der Waals surface area contributed by atoms with Gasteiger partial charge in [0.05, 0.1) is 24.9 Å². The van der Waals surface area contributed by atoms with E-state index in [-0.39, 0.29) is 50.8 Å². The van der Waals surface area contributed by atoms with Crippen LogP contribution in [0.25, 0.3) is 0 Å². The molecule has 2 heterocycles. The van der Waals surface area contributed by atoms with E-state index in [9.17, 15) is 4.79 Å². The lowest BCUT2D eigenvalue weighted by Crippen LogP contribution is -2.61. The van der Waals surface area contributed by atoms with E-state index in [1.54, 1.807) is 7.11 Å². The summed E-state index contributed by atoms with van der Waals surface area (Å²) in [6.45, 7) is 66.5. The van der Waals surface area contributed by atoms with Crippen molar-refractivity contribution in [2.75, 3.05) is 13.7 Å². The number of hydrogen-bond donors (Lipinski definition) is 1. The van der Waals surface area contributed by atoms with Crippen LogP contribution in [0.3, 0.4) is 0 Å². The Morgan fingerprint density at radius 2 is 1.20 bits per heavy atom. The summed E-state index contributed by atoms with van der Waals surface area (Å²) in [6, 6.07) is 2.94. The predicted molar refractivity (Wildman–Crippen MR) is 326 cm³/mol. The quantitative estimate of drug-likeness (QED) is 0.0609. The van der Waals surface area contributed by atoms with Gasteiger partial charge in [-0.05, 0) is 100 Å². The third-order valence-electron chi connectivity index (χ3n) is 19.0. The number of rotatable bonds is 24. The van der Waals surface area contributed by atoms with Gasteiger partial charge in [-0.2, -0.15) is 0 Å². The minimum atomic E-state index is -2.56. The number of carbonyl (C=O) groups is 2. The molecule has 436 valence electrons. The Balaban J connectivity index is 2.33. The smallest absolute Gasteiger partial charge is 0.409 e. The van der Waals surface area contributed by atoms with Gasteiger partial charge < -0.3 is 36.7 Å². The Morgan fingerprint density at radius 1 is 0.733 bits per heavy atom. The predicted octanol–water partition coefficient (Wildman–Crippen LogP) is 17.2. The van der Waals surface area contributed by atoms with Gasteiger partial charge in [0, 0.05) is 45.4 Å². The summed E-state index contributed by atoms with van der Waals surface area (Å²) >= 11 is 0. The van der Waals surface area contributed by atoms with Gasteiger partial charge in [-0.15, -0.1) is 0 Å². The Hall–Kier alpha value is -1.52. The van der Waals surface area contributed by atoms with Crippen molar-refractivity contribution in [1.82, 2.24) is 5.32 Å². The number of esters is 1. The van der Waals surface area contributed by atoms with E-state index in [4.69, 9.17) is 36.7 Å². The molecule has 0 spiro atoms. The van der Waals surface area contributed by atoms with Crippen LogP contribution in [0.4, 0.5) is 4.79 Å². The minimum Gasteiger partial charge on any atom is -0.542 e. The van der Waals surface area contributed by atoms with Crippen LogP contribution >= 0.6 is 0 Å². The number of methoxy groups -OCH3 is 1. The van der Waals surface area contributed by atoms with Gasteiger partial charge in [-0.3, -0.25) is 5.32 Å². The second-order valence-electron chi connectivity index (χ2n) is 29.7. The number of hydrogen-bond acceptors (Lipinski definition) is 10. The van der Waals surface area contributed by atoms with Crippen molar-refractivity contribution in [3.05, 3.63) is 22.8 Å². The van der Waals surface area contributed by atoms with E-state index < -0.39 is 77.4 Å². The highest BCUT2D eigenvalue weighted by molar-refractivity contribution is 6.79. The number of amides is 1. The topological polar surface area (TPSA) is 120 Å². The molecule has 2 aliphatic heterocycles. The maximum atomic E-state index is 15.2. The van der Waals surface area contributed by atoms with Gasteiger partial charge in [-0.25, -0.2) is 9.59 Å². The van der Waals surface area contributed by atoms with Gasteiger partial charge in [0.2, 0.25) is 0 Å². The van der Waals surface area contributed by atoms with Gasteiger partial charge in [0.1, 0.15) is 29.3 Å². The van der Waals surface area contributed by atoms with E-state index in [1.807, 2.05) is 0 Å². The average molecular weight is 1140 g/mol. The Bertz CT molecular complexity index is 2010. The van der Waals surface area contributed by atoms with E-state index >= 15 is 4.79 Å². The molecule has 0 aliphatic carbocycles. The summed E-state index contributed by atoms with van der Waals surface area (Å²) in [5.41, 5.74) is 3.88. The molecule has 0 aromatic heterocycles. The fourth-order valence-corrected chi connectivity index (χ4v) is 26.2. The normalized spacial score (nSPS) is 21.7. The SMILES string of the molecule is CO[C@H](NC(=O)OCC[Si](C)(C)C)[C@@H]1C[C@@H](O[Si](C)(C)C(C)(C)C)C(C)(C)[C@@H](C[C@H](O[Si](C)(C)C(C)(C)C)[C@@H](C)[C@H]2Cc3c(C)c(O[Si](C(C)C)(C(C)C)C(C)C)cc(O[Si](C(C)C)(C(C)C)C(C)C)c3C(=O)O2)O1. The molecule has 1 aromatic carbocycles. The molecule has 0 saturated carbocycles. The number of alkyl carbamates (subject to hydrolysis) is 1. The first kappa shape index (κ1) is 67.8. The number of cyclic esters (lactones) is 1. The monoisotopic (exact) mass is 1140 g/mol. The van der Waals surface area contributed by atoms with Crippen LogP contribution in [0.5, 0.6) is 11.5 Å². The average Bonchev–Trinajstić information content (AvgIpc) is 3.23. The van der Waals surface area contributed by atoms with Crippen LogP contribution < -0.4 is 14.2 Å². The fraction of sp³-hybridized carbons (Fsp3) is 0.864. The maximum absolute atomic E-state index is 15.2. The molecule has 11 nitrogen and oxygen atoms in total. The molecule has 75 heavy (non-hydrogen) atoms. The van der Waals surface area contributed by atoms with Crippen LogP contribution in [0.2, 0.25) is 95.2 Å². The molecule has 0 radical (unpaired) electrons. The minimum absolute atomic E-state index is 0.0485. The summed E-state index contributed by atoms with van der Waals surface area (Å²) in [5.74, 6) is 0.826. The molecule has 1 aromatic rings. The molecule has 3 rings (SSSR count). The lowest BCUT2D eigenvalue weighted by molar-refractivity contribution is -0.211. The third kappa shape index (κ3) is 15.3. The first-order chi connectivity index (χ1) is 33.9. The van der Waals surface area contributed by atoms with Gasteiger partial charge in [-0.1, -0.05) is 165 Å². The maximum Gasteiger partial charge on any atom is 0.409 e. The summed E-state index contributed by atoms with van der Waals surface area (Å²) in [7, 11) is -9.65. The lowest BCUT2D eigenvalue weighted by atomic mass is 9.73.